The van der Waals surface area contributed by atoms with Crippen molar-refractivity contribution in [3.8, 4) is 0 Å². The molecular weight excluding hydrogens is 294 g/mol. The molecule has 1 amide bonds. The van der Waals surface area contributed by atoms with Crippen LogP contribution < -0.4 is 0 Å². The second kappa shape index (κ2) is 7.21. The number of esters is 1. The van der Waals surface area contributed by atoms with Crippen LogP contribution in [0.1, 0.15) is 23.7 Å². The van der Waals surface area contributed by atoms with Crippen LogP contribution in [0.3, 0.4) is 0 Å². The number of rotatable bonds is 6. The summed E-state index contributed by atoms with van der Waals surface area (Å²) in [5.74, 6) is -0.913. The van der Waals surface area contributed by atoms with E-state index in [-0.39, 0.29) is 17.0 Å². The number of ether oxygens (including phenoxy) is 1. The van der Waals surface area contributed by atoms with Crippen molar-refractivity contribution in [2.24, 2.45) is 0 Å². The van der Waals surface area contributed by atoms with Crippen molar-refractivity contribution in [3.05, 3.63) is 29.8 Å². The van der Waals surface area contributed by atoms with Gasteiger partial charge in [-0.2, -0.15) is 0 Å². The molecule has 21 heavy (non-hydrogen) atoms. The second-order valence-electron chi connectivity index (χ2n) is 4.60. The lowest BCUT2D eigenvalue weighted by atomic mass is 10.2. The van der Waals surface area contributed by atoms with E-state index in [1.54, 1.807) is 0 Å². The van der Waals surface area contributed by atoms with Crippen LogP contribution >= 0.6 is 0 Å². The highest BCUT2D eigenvalue weighted by molar-refractivity contribution is 7.90. The Balaban J connectivity index is 3.06. The molecule has 0 saturated heterocycles. The summed E-state index contributed by atoms with van der Waals surface area (Å²) in [7, 11) is -2.14. The number of carbonyl (C=O) groups is 2. The van der Waals surface area contributed by atoms with E-state index < -0.39 is 21.7 Å². The topological polar surface area (TPSA) is 80.8 Å². The van der Waals surface area contributed by atoms with Gasteiger partial charge in [-0.25, -0.2) is 8.42 Å². The second-order valence-corrected chi connectivity index (χ2v) is 6.62. The molecular formula is C14H19NO5S. The molecule has 1 rings (SSSR count). The summed E-state index contributed by atoms with van der Waals surface area (Å²) in [5, 5.41) is 0. The quantitative estimate of drug-likeness (QED) is 0.735. The zero-order valence-electron chi connectivity index (χ0n) is 12.3. The van der Waals surface area contributed by atoms with Gasteiger partial charge >= 0.3 is 5.97 Å². The molecule has 1 aromatic rings. The van der Waals surface area contributed by atoms with Gasteiger partial charge in [0.15, 0.2) is 9.84 Å². The Hall–Kier alpha value is -1.89. The minimum atomic E-state index is -3.39. The third kappa shape index (κ3) is 4.86. The summed E-state index contributed by atoms with van der Waals surface area (Å²) in [6, 6.07) is 5.77. The summed E-state index contributed by atoms with van der Waals surface area (Å²) in [4.78, 5) is 25.1. The zero-order chi connectivity index (χ0) is 16.0. The molecule has 0 aliphatic carbocycles. The lowest BCUT2D eigenvalue weighted by Crippen LogP contribution is -2.36. The van der Waals surface area contributed by atoms with Crippen molar-refractivity contribution >= 4 is 21.7 Å². The van der Waals surface area contributed by atoms with Gasteiger partial charge in [0.2, 0.25) is 0 Å². The molecule has 116 valence electrons. The van der Waals surface area contributed by atoms with Crippen molar-refractivity contribution in [2.45, 2.75) is 18.2 Å². The molecule has 0 unspecified atom stereocenters. The van der Waals surface area contributed by atoms with Crippen molar-refractivity contribution < 1.29 is 22.7 Å². The summed E-state index contributed by atoms with van der Waals surface area (Å²) in [6.07, 6.45) is 1.75. The lowest BCUT2D eigenvalue weighted by molar-refractivity contribution is -0.141. The predicted octanol–water partition coefficient (Wildman–Crippen LogP) is 1.12. The molecule has 0 aliphatic heterocycles. The minimum Gasteiger partial charge on any atom is -0.468 e. The minimum absolute atomic E-state index is 0.0721. The maximum Gasteiger partial charge on any atom is 0.325 e. The summed E-state index contributed by atoms with van der Waals surface area (Å²) >= 11 is 0. The highest BCUT2D eigenvalue weighted by Crippen LogP contribution is 2.13. The van der Waals surface area contributed by atoms with Crippen molar-refractivity contribution in [1.82, 2.24) is 4.90 Å². The Kier molecular flexibility index (Phi) is 5.90. The maximum absolute atomic E-state index is 12.4. The van der Waals surface area contributed by atoms with Crippen LogP contribution in [0, 0.1) is 0 Å². The molecule has 0 bridgehead atoms. The molecule has 0 radical (unpaired) electrons. The normalized spacial score (nSPS) is 11.0. The average molecular weight is 313 g/mol. The number of methoxy groups -OCH3 is 1. The number of hydrogen-bond acceptors (Lipinski definition) is 5. The van der Waals surface area contributed by atoms with Gasteiger partial charge in [0.05, 0.1) is 12.0 Å². The fraction of sp³-hybridized carbons (Fsp3) is 0.429. The average Bonchev–Trinajstić information content (AvgIpc) is 2.45. The van der Waals surface area contributed by atoms with Gasteiger partial charge in [0.1, 0.15) is 6.54 Å². The van der Waals surface area contributed by atoms with E-state index in [0.717, 1.165) is 6.26 Å². The zero-order valence-corrected chi connectivity index (χ0v) is 13.1. The fourth-order valence-corrected chi connectivity index (χ4v) is 2.45. The van der Waals surface area contributed by atoms with E-state index in [4.69, 9.17) is 0 Å². The highest BCUT2D eigenvalue weighted by Gasteiger charge is 2.19. The first kappa shape index (κ1) is 17.2. The van der Waals surface area contributed by atoms with Gasteiger partial charge in [0, 0.05) is 18.4 Å². The van der Waals surface area contributed by atoms with E-state index in [9.17, 15) is 18.0 Å². The maximum atomic E-state index is 12.4. The van der Waals surface area contributed by atoms with Crippen LogP contribution in [0.15, 0.2) is 29.2 Å². The Morgan fingerprint density at radius 2 is 1.95 bits per heavy atom. The largest absolute Gasteiger partial charge is 0.468 e. The molecule has 6 nitrogen and oxygen atoms in total. The molecule has 1 aromatic carbocycles. The van der Waals surface area contributed by atoms with E-state index in [1.807, 2.05) is 6.92 Å². The van der Waals surface area contributed by atoms with Gasteiger partial charge in [-0.05, 0) is 24.6 Å². The summed E-state index contributed by atoms with van der Waals surface area (Å²) in [5.41, 5.74) is 0.232. The first-order valence-electron chi connectivity index (χ1n) is 6.45. The number of carbonyl (C=O) groups excluding carboxylic acids is 2. The molecule has 0 spiro atoms. The van der Waals surface area contributed by atoms with Gasteiger partial charge < -0.3 is 9.64 Å². The van der Waals surface area contributed by atoms with Gasteiger partial charge in [0.25, 0.3) is 5.91 Å². The predicted molar refractivity (Wildman–Crippen MR) is 77.8 cm³/mol. The standard InChI is InChI=1S/C14H19NO5S/c1-4-8-15(10-13(16)20-2)14(17)11-6-5-7-12(9-11)21(3,18)19/h5-7,9H,4,8,10H2,1-3H3. The Morgan fingerprint density at radius 1 is 1.29 bits per heavy atom. The Bertz CT molecular complexity index is 624. The monoisotopic (exact) mass is 313 g/mol. The van der Waals surface area contributed by atoms with Crippen molar-refractivity contribution in [2.75, 3.05) is 26.5 Å². The molecule has 0 fully saturated rings. The van der Waals surface area contributed by atoms with Gasteiger partial charge in [-0.15, -0.1) is 0 Å². The first-order valence-corrected chi connectivity index (χ1v) is 8.35. The van der Waals surface area contributed by atoms with Crippen LogP contribution in [0.25, 0.3) is 0 Å². The Morgan fingerprint density at radius 3 is 2.48 bits per heavy atom. The van der Waals surface area contributed by atoms with E-state index in [2.05, 4.69) is 4.74 Å². The third-order valence-corrected chi connectivity index (χ3v) is 3.95. The molecule has 0 aromatic heterocycles. The molecule has 7 heteroatoms. The molecule has 0 heterocycles. The molecule has 0 atom stereocenters. The van der Waals surface area contributed by atoms with Crippen LogP contribution in [0.4, 0.5) is 0 Å². The Labute approximate surface area is 124 Å². The van der Waals surface area contributed by atoms with E-state index in [1.165, 1.54) is 36.3 Å². The van der Waals surface area contributed by atoms with Crippen LogP contribution in [0.2, 0.25) is 0 Å². The SMILES string of the molecule is CCCN(CC(=O)OC)C(=O)c1cccc(S(C)(=O)=O)c1. The lowest BCUT2D eigenvalue weighted by Gasteiger charge is -2.21. The first-order chi connectivity index (χ1) is 9.79. The molecule has 0 N–H and O–H groups in total. The van der Waals surface area contributed by atoms with E-state index >= 15 is 0 Å². The van der Waals surface area contributed by atoms with Crippen molar-refractivity contribution in [3.63, 3.8) is 0 Å². The third-order valence-electron chi connectivity index (χ3n) is 2.84. The number of hydrogen-bond donors (Lipinski definition) is 0. The van der Waals surface area contributed by atoms with Crippen LogP contribution in [-0.2, 0) is 19.4 Å². The molecule has 0 saturated carbocycles. The van der Waals surface area contributed by atoms with Crippen LogP contribution in [0.5, 0.6) is 0 Å². The number of benzene rings is 1. The highest BCUT2D eigenvalue weighted by atomic mass is 32.2. The molecule has 0 aliphatic rings. The number of sulfone groups is 1. The van der Waals surface area contributed by atoms with E-state index in [0.29, 0.717) is 13.0 Å². The number of nitrogens with zero attached hydrogens (tertiary/aromatic N) is 1. The van der Waals surface area contributed by atoms with Crippen molar-refractivity contribution in [1.29, 1.82) is 0 Å². The van der Waals surface area contributed by atoms with Gasteiger partial charge in [-0.3, -0.25) is 9.59 Å². The van der Waals surface area contributed by atoms with Crippen LogP contribution in [-0.4, -0.2) is 51.6 Å². The van der Waals surface area contributed by atoms with Gasteiger partial charge in [-0.1, -0.05) is 13.0 Å². The number of amides is 1. The fourth-order valence-electron chi connectivity index (χ4n) is 1.79. The summed E-state index contributed by atoms with van der Waals surface area (Å²) < 4.78 is 27.6. The smallest absolute Gasteiger partial charge is 0.325 e. The summed E-state index contributed by atoms with van der Waals surface area (Å²) in [6.45, 7) is 2.10.